The number of aromatic carboxylic acids is 1. The number of rotatable bonds is 2. The zero-order chi connectivity index (χ0) is 10.9. The first-order valence-electron chi connectivity index (χ1n) is 4.16. The molecule has 0 aromatic heterocycles. The summed E-state index contributed by atoms with van der Waals surface area (Å²) < 4.78 is 5.02. The molecule has 0 aliphatic rings. The summed E-state index contributed by atoms with van der Waals surface area (Å²) in [7, 11) is 1.50. The normalized spacial score (nSPS) is 9.93. The largest absolute Gasteiger partial charge is 0.495 e. The summed E-state index contributed by atoms with van der Waals surface area (Å²) in [5.74, 6) is -0.445. The monoisotopic (exact) mass is 195 g/mol. The number of nitrogen functional groups attached to an aromatic ring is 1. The molecule has 0 atom stereocenters. The summed E-state index contributed by atoms with van der Waals surface area (Å²) in [4.78, 5) is 10.9. The molecule has 1 rings (SSSR count). The molecule has 0 aliphatic heterocycles. The fourth-order valence-electron chi connectivity index (χ4n) is 1.46. The first-order chi connectivity index (χ1) is 6.49. The highest BCUT2D eigenvalue weighted by atomic mass is 16.5. The predicted molar refractivity (Wildman–Crippen MR) is 53.8 cm³/mol. The van der Waals surface area contributed by atoms with Crippen LogP contribution in [0.2, 0.25) is 0 Å². The molecule has 4 heteroatoms. The highest BCUT2D eigenvalue weighted by Gasteiger charge is 2.16. The first kappa shape index (κ1) is 10.4. The molecule has 0 bridgehead atoms. The van der Waals surface area contributed by atoms with E-state index in [0.717, 1.165) is 0 Å². The molecule has 0 saturated heterocycles. The Morgan fingerprint density at radius 3 is 2.50 bits per heavy atom. The average molecular weight is 195 g/mol. The van der Waals surface area contributed by atoms with E-state index in [1.165, 1.54) is 7.11 Å². The molecule has 0 aliphatic carbocycles. The summed E-state index contributed by atoms with van der Waals surface area (Å²) in [6, 6.07) is 1.63. The molecule has 0 spiro atoms. The maximum atomic E-state index is 10.9. The van der Waals surface area contributed by atoms with Gasteiger partial charge in [0, 0.05) is 0 Å². The number of benzene rings is 1. The van der Waals surface area contributed by atoms with Crippen LogP contribution in [-0.2, 0) is 0 Å². The molecule has 0 saturated carbocycles. The van der Waals surface area contributed by atoms with Crippen molar-refractivity contribution >= 4 is 11.7 Å². The van der Waals surface area contributed by atoms with E-state index in [1.807, 2.05) is 0 Å². The van der Waals surface area contributed by atoms with Gasteiger partial charge in [0.05, 0.1) is 18.4 Å². The van der Waals surface area contributed by atoms with Crippen LogP contribution in [0.25, 0.3) is 0 Å². The number of hydrogen-bond donors (Lipinski definition) is 2. The third-order valence-electron chi connectivity index (χ3n) is 2.22. The van der Waals surface area contributed by atoms with Crippen molar-refractivity contribution < 1.29 is 14.6 Å². The summed E-state index contributed by atoms with van der Waals surface area (Å²) >= 11 is 0. The Morgan fingerprint density at radius 2 is 2.07 bits per heavy atom. The van der Waals surface area contributed by atoms with Crippen LogP contribution in [0.5, 0.6) is 5.75 Å². The lowest BCUT2D eigenvalue weighted by Crippen LogP contribution is -2.07. The number of carboxylic acid groups (broad SMARTS) is 1. The fraction of sp³-hybridized carbons (Fsp3) is 0.300. The number of aryl methyl sites for hydroxylation is 1. The maximum absolute atomic E-state index is 10.9. The number of hydrogen-bond acceptors (Lipinski definition) is 3. The van der Waals surface area contributed by atoms with Gasteiger partial charge in [-0.05, 0) is 31.0 Å². The van der Waals surface area contributed by atoms with Crippen molar-refractivity contribution in [3.8, 4) is 5.75 Å². The van der Waals surface area contributed by atoms with Crippen LogP contribution in [0.1, 0.15) is 21.5 Å². The van der Waals surface area contributed by atoms with E-state index in [2.05, 4.69) is 0 Å². The number of ether oxygens (including phenoxy) is 1. The van der Waals surface area contributed by atoms with Crippen molar-refractivity contribution in [2.45, 2.75) is 13.8 Å². The Hall–Kier alpha value is -1.71. The lowest BCUT2D eigenvalue weighted by Gasteiger charge is -2.12. The summed E-state index contributed by atoms with van der Waals surface area (Å²) in [6.07, 6.45) is 0. The van der Waals surface area contributed by atoms with Crippen molar-refractivity contribution in [3.05, 3.63) is 22.8 Å². The smallest absolute Gasteiger partial charge is 0.336 e. The Labute approximate surface area is 82.3 Å². The zero-order valence-electron chi connectivity index (χ0n) is 8.42. The minimum Gasteiger partial charge on any atom is -0.495 e. The molecule has 0 radical (unpaired) electrons. The SMILES string of the molecule is COc1cc(C)c(C(=O)O)c(C)c1N. The van der Waals surface area contributed by atoms with Crippen LogP contribution in [0, 0.1) is 13.8 Å². The second-order valence-corrected chi connectivity index (χ2v) is 3.11. The van der Waals surface area contributed by atoms with Gasteiger partial charge in [0.1, 0.15) is 5.75 Å². The molecular formula is C10H13NO3. The van der Waals surface area contributed by atoms with Gasteiger partial charge in [-0.15, -0.1) is 0 Å². The number of carbonyl (C=O) groups is 1. The van der Waals surface area contributed by atoms with Gasteiger partial charge in [0.2, 0.25) is 0 Å². The van der Waals surface area contributed by atoms with E-state index in [4.69, 9.17) is 15.6 Å². The molecule has 0 heterocycles. The van der Waals surface area contributed by atoms with Crippen LogP contribution >= 0.6 is 0 Å². The van der Waals surface area contributed by atoms with Gasteiger partial charge in [-0.1, -0.05) is 0 Å². The average Bonchev–Trinajstić information content (AvgIpc) is 2.10. The van der Waals surface area contributed by atoms with E-state index in [1.54, 1.807) is 19.9 Å². The standard InChI is InChI=1S/C10H13NO3/c1-5-4-7(14-3)9(11)6(2)8(5)10(12)13/h4H,11H2,1-3H3,(H,12,13). The third kappa shape index (κ3) is 1.51. The minimum absolute atomic E-state index is 0.253. The Kier molecular flexibility index (Phi) is 2.65. The molecule has 0 amide bonds. The second kappa shape index (κ2) is 3.57. The van der Waals surface area contributed by atoms with Crippen molar-refractivity contribution in [1.82, 2.24) is 0 Å². The lowest BCUT2D eigenvalue weighted by atomic mass is 10.0. The topological polar surface area (TPSA) is 72.5 Å². The van der Waals surface area contributed by atoms with Crippen LogP contribution in [0.15, 0.2) is 6.07 Å². The van der Waals surface area contributed by atoms with Crippen LogP contribution < -0.4 is 10.5 Å². The van der Waals surface area contributed by atoms with Crippen molar-refractivity contribution in [3.63, 3.8) is 0 Å². The van der Waals surface area contributed by atoms with Crippen molar-refractivity contribution in [2.75, 3.05) is 12.8 Å². The molecule has 76 valence electrons. The highest BCUT2D eigenvalue weighted by molar-refractivity contribution is 5.93. The summed E-state index contributed by atoms with van der Waals surface area (Å²) in [5.41, 5.74) is 7.55. The van der Waals surface area contributed by atoms with Crippen molar-refractivity contribution in [1.29, 1.82) is 0 Å². The third-order valence-corrected chi connectivity index (χ3v) is 2.22. The predicted octanol–water partition coefficient (Wildman–Crippen LogP) is 1.59. The quantitative estimate of drug-likeness (QED) is 0.703. The van der Waals surface area contributed by atoms with Gasteiger partial charge >= 0.3 is 5.97 Å². The molecule has 0 unspecified atom stereocenters. The Morgan fingerprint density at radius 1 is 1.50 bits per heavy atom. The van der Waals surface area contributed by atoms with E-state index >= 15 is 0 Å². The molecule has 3 N–H and O–H groups in total. The van der Waals surface area contributed by atoms with Crippen LogP contribution in [0.3, 0.4) is 0 Å². The van der Waals surface area contributed by atoms with Crippen molar-refractivity contribution in [2.24, 2.45) is 0 Å². The molecule has 0 fully saturated rings. The van der Waals surface area contributed by atoms with Gasteiger partial charge in [-0.2, -0.15) is 0 Å². The van der Waals surface area contributed by atoms with Gasteiger partial charge in [0.15, 0.2) is 0 Å². The number of anilines is 1. The van der Waals surface area contributed by atoms with E-state index in [0.29, 0.717) is 22.6 Å². The van der Waals surface area contributed by atoms with Gasteiger partial charge in [-0.3, -0.25) is 0 Å². The molecular weight excluding hydrogens is 182 g/mol. The lowest BCUT2D eigenvalue weighted by molar-refractivity contribution is 0.0695. The van der Waals surface area contributed by atoms with Crippen LogP contribution in [0.4, 0.5) is 5.69 Å². The Balaban J connectivity index is 3.49. The first-order valence-corrected chi connectivity index (χ1v) is 4.16. The maximum Gasteiger partial charge on any atom is 0.336 e. The second-order valence-electron chi connectivity index (χ2n) is 3.11. The zero-order valence-corrected chi connectivity index (χ0v) is 8.42. The Bertz CT molecular complexity index is 385. The molecule has 1 aromatic carbocycles. The number of carboxylic acids is 1. The minimum atomic E-state index is -0.964. The van der Waals surface area contributed by atoms with E-state index < -0.39 is 5.97 Å². The van der Waals surface area contributed by atoms with E-state index in [9.17, 15) is 4.79 Å². The summed E-state index contributed by atoms with van der Waals surface area (Å²) in [6.45, 7) is 3.40. The number of methoxy groups -OCH3 is 1. The highest BCUT2D eigenvalue weighted by Crippen LogP contribution is 2.30. The van der Waals surface area contributed by atoms with E-state index in [-0.39, 0.29) is 5.56 Å². The van der Waals surface area contributed by atoms with Gasteiger partial charge in [-0.25, -0.2) is 4.79 Å². The summed E-state index contributed by atoms with van der Waals surface area (Å²) in [5, 5.41) is 8.94. The molecule has 14 heavy (non-hydrogen) atoms. The van der Waals surface area contributed by atoms with Gasteiger partial charge in [0.25, 0.3) is 0 Å². The molecule has 4 nitrogen and oxygen atoms in total. The van der Waals surface area contributed by atoms with Gasteiger partial charge < -0.3 is 15.6 Å². The van der Waals surface area contributed by atoms with Crippen LogP contribution in [-0.4, -0.2) is 18.2 Å². The molecule has 1 aromatic rings. The number of nitrogens with two attached hydrogens (primary N) is 1. The fourth-order valence-corrected chi connectivity index (χ4v) is 1.46.